The van der Waals surface area contributed by atoms with Crippen molar-refractivity contribution >= 4 is 33.7 Å². The number of fused-ring (bicyclic) bond motifs is 3. The Hall–Kier alpha value is -2.68. The first-order valence-corrected chi connectivity index (χ1v) is 13.3. The number of nitrogens with one attached hydrogen (secondary N) is 1. The first kappa shape index (κ1) is 25.0. The third-order valence-electron chi connectivity index (χ3n) is 6.37. The van der Waals surface area contributed by atoms with Crippen molar-refractivity contribution in [2.45, 2.75) is 42.8 Å². The summed E-state index contributed by atoms with van der Waals surface area (Å²) in [6.45, 7) is 2.60. The molecule has 36 heavy (non-hydrogen) atoms. The van der Waals surface area contributed by atoms with Crippen LogP contribution in [0.15, 0.2) is 53.6 Å². The zero-order valence-electron chi connectivity index (χ0n) is 20.3. The third kappa shape index (κ3) is 5.82. The number of hydrogen-bond acceptors (Lipinski definition) is 5. The van der Waals surface area contributed by atoms with Crippen molar-refractivity contribution in [1.29, 1.82) is 0 Å². The Morgan fingerprint density at radius 1 is 1.19 bits per heavy atom. The van der Waals surface area contributed by atoms with Crippen LogP contribution in [0.25, 0.3) is 33.1 Å². The van der Waals surface area contributed by atoms with Crippen LogP contribution in [0.2, 0.25) is 0 Å². The number of H-pyrrole nitrogens is 1. The van der Waals surface area contributed by atoms with Crippen molar-refractivity contribution < 1.29 is 18.6 Å². The molecule has 5 rings (SSSR count). The minimum absolute atomic E-state index is 0.141. The van der Waals surface area contributed by atoms with Crippen molar-refractivity contribution in [3.63, 3.8) is 0 Å². The molecule has 1 saturated carbocycles. The molecular weight excluding hydrogens is 480 g/mol. The van der Waals surface area contributed by atoms with Gasteiger partial charge in [0.05, 0.1) is 25.3 Å². The largest absolute Gasteiger partial charge is 0.491 e. The maximum absolute atomic E-state index is 12.8. The normalized spacial score (nSPS) is 13.9. The maximum atomic E-state index is 12.8. The van der Waals surface area contributed by atoms with E-state index in [0.717, 1.165) is 49.6 Å². The lowest BCUT2D eigenvalue weighted by atomic mass is 9.99. The number of rotatable bonds is 12. The fourth-order valence-electron chi connectivity index (χ4n) is 4.54. The number of pyridine rings is 1. The molecule has 0 saturated heterocycles. The Kier molecular flexibility index (Phi) is 7.74. The van der Waals surface area contributed by atoms with Gasteiger partial charge in [0, 0.05) is 40.2 Å². The summed E-state index contributed by atoms with van der Waals surface area (Å²) in [6, 6.07) is 14.9. The molecule has 0 bridgehead atoms. The van der Waals surface area contributed by atoms with E-state index in [1.807, 2.05) is 30.9 Å². The molecule has 2 aromatic carbocycles. The number of halogens is 2. The number of ether oxygens (including phenoxy) is 1. The maximum Gasteiger partial charge on any atom is 0.251 e. The van der Waals surface area contributed by atoms with Gasteiger partial charge >= 0.3 is 0 Å². The minimum atomic E-state index is -2.42. The van der Waals surface area contributed by atoms with Crippen LogP contribution >= 0.6 is 11.8 Å². The smallest absolute Gasteiger partial charge is 0.251 e. The SMILES string of the molecule is Cc1cnc2[nH]c3c(OCCCN(CCO)CC(F)F)ccc(-c4cccc(SC5CC5)c4)c3c2c1. The van der Waals surface area contributed by atoms with E-state index >= 15 is 0 Å². The second-order valence-corrected chi connectivity index (χ2v) is 10.7. The molecule has 1 aliphatic rings. The molecule has 0 amide bonds. The average Bonchev–Trinajstić information content (AvgIpc) is 3.59. The minimum Gasteiger partial charge on any atom is -0.491 e. The number of aliphatic hydroxyl groups excluding tert-OH is 1. The van der Waals surface area contributed by atoms with Crippen molar-refractivity contribution in [3.8, 4) is 16.9 Å². The zero-order valence-corrected chi connectivity index (χ0v) is 21.2. The number of benzene rings is 2. The number of aromatic amines is 1. The lowest BCUT2D eigenvalue weighted by molar-refractivity contribution is 0.0755. The Balaban J connectivity index is 1.43. The molecule has 1 aliphatic carbocycles. The highest BCUT2D eigenvalue weighted by atomic mass is 32.2. The summed E-state index contributed by atoms with van der Waals surface area (Å²) < 4.78 is 31.7. The highest BCUT2D eigenvalue weighted by molar-refractivity contribution is 8.00. The van der Waals surface area contributed by atoms with Crippen LogP contribution in [0.5, 0.6) is 5.75 Å². The zero-order chi connectivity index (χ0) is 25.1. The number of alkyl halides is 2. The van der Waals surface area contributed by atoms with E-state index < -0.39 is 6.43 Å². The van der Waals surface area contributed by atoms with Gasteiger partial charge in [-0.1, -0.05) is 12.1 Å². The molecule has 190 valence electrons. The van der Waals surface area contributed by atoms with Crippen LogP contribution in [0.3, 0.4) is 0 Å². The van der Waals surface area contributed by atoms with Crippen LogP contribution in [-0.2, 0) is 0 Å². The number of nitrogens with zero attached hydrogens (tertiary/aromatic N) is 2. The van der Waals surface area contributed by atoms with Gasteiger partial charge in [-0.2, -0.15) is 0 Å². The van der Waals surface area contributed by atoms with Gasteiger partial charge in [0.2, 0.25) is 0 Å². The molecule has 0 atom stereocenters. The van der Waals surface area contributed by atoms with Gasteiger partial charge in [0.1, 0.15) is 11.4 Å². The van der Waals surface area contributed by atoms with Crippen LogP contribution in [-0.4, -0.2) is 64.5 Å². The first-order valence-electron chi connectivity index (χ1n) is 12.4. The molecule has 0 unspecified atom stereocenters. The Morgan fingerprint density at radius 3 is 2.83 bits per heavy atom. The van der Waals surface area contributed by atoms with E-state index in [1.54, 1.807) is 4.90 Å². The second kappa shape index (κ2) is 11.2. The van der Waals surface area contributed by atoms with Crippen LogP contribution < -0.4 is 4.74 Å². The molecule has 5 nitrogen and oxygen atoms in total. The summed E-state index contributed by atoms with van der Waals surface area (Å²) in [6.07, 6.45) is 2.59. The van der Waals surface area contributed by atoms with E-state index in [-0.39, 0.29) is 19.7 Å². The number of aliphatic hydroxyl groups is 1. The summed E-state index contributed by atoms with van der Waals surface area (Å²) in [4.78, 5) is 10.9. The summed E-state index contributed by atoms with van der Waals surface area (Å²) in [5.74, 6) is 0.718. The monoisotopic (exact) mass is 511 g/mol. The van der Waals surface area contributed by atoms with Gasteiger partial charge in [-0.3, -0.25) is 4.90 Å². The van der Waals surface area contributed by atoms with Crippen molar-refractivity contribution in [2.75, 3.05) is 32.8 Å². The molecule has 0 spiro atoms. The standard InChI is InChI=1S/C28H31F2N3O2S/c1-18-14-23-26-22(19-4-2-5-21(15-19)36-20-6-7-20)8-9-24(27(26)32-28(23)31-16-18)35-13-3-10-33(11-12-34)17-25(29)30/h2,4-5,8-9,14-16,20,25,34H,3,6-7,10-13,17H2,1H3,(H,31,32). The highest BCUT2D eigenvalue weighted by Crippen LogP contribution is 2.42. The van der Waals surface area contributed by atoms with E-state index in [2.05, 4.69) is 46.4 Å². The van der Waals surface area contributed by atoms with Gasteiger partial charge in [-0.05, 0) is 73.2 Å². The van der Waals surface area contributed by atoms with Crippen molar-refractivity contribution in [1.82, 2.24) is 14.9 Å². The molecular formula is C28H31F2N3O2S. The number of hydrogen-bond donors (Lipinski definition) is 2. The average molecular weight is 512 g/mol. The lowest BCUT2D eigenvalue weighted by Gasteiger charge is -2.20. The molecule has 0 radical (unpaired) electrons. The van der Waals surface area contributed by atoms with Gasteiger partial charge in [-0.25, -0.2) is 13.8 Å². The third-order valence-corrected chi connectivity index (χ3v) is 7.70. The Morgan fingerprint density at radius 2 is 2.06 bits per heavy atom. The van der Waals surface area contributed by atoms with E-state index in [4.69, 9.17) is 9.84 Å². The summed E-state index contributed by atoms with van der Waals surface area (Å²) >= 11 is 1.95. The molecule has 0 aliphatic heterocycles. The molecule has 1 fully saturated rings. The van der Waals surface area contributed by atoms with Gasteiger partial charge < -0.3 is 14.8 Å². The van der Waals surface area contributed by atoms with Gasteiger partial charge in [-0.15, -0.1) is 11.8 Å². The number of aromatic nitrogens is 2. The summed E-state index contributed by atoms with van der Waals surface area (Å²) in [7, 11) is 0. The van der Waals surface area contributed by atoms with E-state index in [9.17, 15) is 8.78 Å². The molecule has 2 heterocycles. The van der Waals surface area contributed by atoms with Crippen LogP contribution in [0.4, 0.5) is 8.78 Å². The summed E-state index contributed by atoms with van der Waals surface area (Å²) in [5.41, 5.74) is 5.07. The number of thioether (sulfide) groups is 1. The topological polar surface area (TPSA) is 61.4 Å². The van der Waals surface area contributed by atoms with Crippen molar-refractivity contribution in [3.05, 3.63) is 54.2 Å². The molecule has 2 aromatic heterocycles. The second-order valence-electron chi connectivity index (χ2n) is 9.36. The van der Waals surface area contributed by atoms with Gasteiger partial charge in [0.15, 0.2) is 0 Å². The quantitative estimate of drug-likeness (QED) is 0.219. The Bertz CT molecular complexity index is 1340. The van der Waals surface area contributed by atoms with Crippen LogP contribution in [0, 0.1) is 6.92 Å². The highest BCUT2D eigenvalue weighted by Gasteiger charge is 2.23. The molecule has 8 heteroatoms. The predicted octanol–water partition coefficient (Wildman–Crippen LogP) is 6.27. The van der Waals surface area contributed by atoms with Gasteiger partial charge in [0.25, 0.3) is 6.43 Å². The Labute approximate surface area is 213 Å². The predicted molar refractivity (Wildman–Crippen MR) is 142 cm³/mol. The lowest BCUT2D eigenvalue weighted by Crippen LogP contribution is -2.33. The fourth-order valence-corrected chi connectivity index (χ4v) is 5.65. The fraction of sp³-hybridized carbons (Fsp3) is 0.393. The number of aryl methyl sites for hydroxylation is 1. The molecule has 4 aromatic rings. The van der Waals surface area contributed by atoms with Crippen LogP contribution in [0.1, 0.15) is 24.8 Å². The van der Waals surface area contributed by atoms with Crippen molar-refractivity contribution in [2.24, 2.45) is 0 Å². The van der Waals surface area contributed by atoms with E-state index in [1.165, 1.54) is 17.7 Å². The first-order chi connectivity index (χ1) is 17.5. The summed E-state index contributed by atoms with van der Waals surface area (Å²) in [5, 5.41) is 12.0. The van der Waals surface area contributed by atoms with E-state index in [0.29, 0.717) is 19.6 Å². The molecule has 2 N–H and O–H groups in total.